The van der Waals surface area contributed by atoms with E-state index < -0.39 is 0 Å². The Morgan fingerprint density at radius 1 is 0.151 bits per heavy atom. The van der Waals surface area contributed by atoms with Gasteiger partial charge in [-0.3, -0.25) is 0 Å². The summed E-state index contributed by atoms with van der Waals surface area (Å²) in [5, 5.41) is 93.3. The van der Waals surface area contributed by atoms with E-state index in [1.165, 1.54) is 64.2 Å². The first-order chi connectivity index (χ1) is 42.5. The molecular formula is C80H40NaO5. The Balaban J connectivity index is 0.000000140. The van der Waals surface area contributed by atoms with E-state index >= 15 is 0 Å². The van der Waals surface area contributed by atoms with Crippen LogP contribution in [0.5, 0.6) is 0 Å². The van der Waals surface area contributed by atoms with E-state index in [4.69, 9.17) is 23.7 Å². The summed E-state index contributed by atoms with van der Waals surface area (Å²) in [5.74, 6) is 1.67. The maximum Gasteiger partial charge on any atom is 1.00 e. The van der Waals surface area contributed by atoms with Gasteiger partial charge in [0, 0.05) is 72.0 Å². The second kappa shape index (κ2) is 11.8. The van der Waals surface area contributed by atoms with Crippen LogP contribution in [-0.4, -0.2) is 66.1 Å². The molecule has 391 valence electrons. The molecule has 0 N–H and O–H groups in total. The average Bonchev–Trinajstić information content (AvgIpc) is 1.39. The summed E-state index contributed by atoms with van der Waals surface area (Å²) in [6.45, 7) is 10.0. The fourth-order valence-corrected chi connectivity index (χ4v) is 25.1. The SMILES string of the molecule is C1CCOC1.C1CCOC1.C1CCOC1.C1CCOC1.C1CCOC1.[C]12c3c4c5c1c1c6c7c5c5c8c4c4c9c3c3c%10c9c9c%11c4c8c4c8c5c7c5c7c6c6c%12c%13c7c7c5c8c5c4c%11c4c9c8c9c%11c4c5c7c%11c%13c4c9c(c8%10)c5c(c4%12)c(c16)[c-]2c35.[Na+]. The molecule has 37 rings (SSSR count). The third-order valence-corrected chi connectivity index (χ3v) is 26.6. The van der Waals surface area contributed by atoms with Gasteiger partial charge in [0.15, 0.2) is 0 Å². The van der Waals surface area contributed by atoms with Crippen molar-refractivity contribution in [1.29, 1.82) is 0 Å². The molecule has 6 heteroatoms. The molecular weight excluding hydrogens is 1060 g/mol. The van der Waals surface area contributed by atoms with Crippen molar-refractivity contribution in [3.63, 3.8) is 0 Å². The normalized spacial score (nSPS) is 20.0. The number of hydrogen-bond acceptors (Lipinski definition) is 5. The van der Waals surface area contributed by atoms with Crippen LogP contribution in [0.3, 0.4) is 0 Å². The van der Waals surface area contributed by atoms with Crippen LogP contribution in [-0.2, 0) is 23.7 Å². The van der Waals surface area contributed by atoms with E-state index in [1.54, 1.807) is 324 Å². The first-order valence-electron chi connectivity index (χ1n) is 32.9. The standard InChI is InChI=1S/C60.5C4H8O.Na/c1-2-5-6-3(1)8-12-10-4(1)9-11-7(2)17-21-13(5)23-24-14(6)22-18(8)28-20(12)30-26-16(10)15(9)25-29-19(11)27(17)37-41-31(21)33(23)43-44-34(24)32(22)42-38(28)48-40(30)46-36(26)35(25)45-39(29)47(37)55-49(41)51(43)57-52(44)50(42)56(48)59-54(46)53(45)58(55)60(57)59;5*1-2-4-5-3-1;/h;5*1-4H2;/q-1;;;;;;+1. The second-order valence-electron chi connectivity index (χ2n) is 29.1. The first kappa shape index (κ1) is 41.3. The van der Waals surface area contributed by atoms with Crippen LogP contribution in [0.1, 0.15) is 80.9 Å². The van der Waals surface area contributed by atoms with Gasteiger partial charge in [-0.2, -0.15) is 0 Å². The van der Waals surface area contributed by atoms with Crippen molar-refractivity contribution in [2.75, 3.05) is 66.1 Å². The maximum absolute atomic E-state index is 4.94. The van der Waals surface area contributed by atoms with E-state index in [0.29, 0.717) is 0 Å². The molecule has 5 saturated heterocycles. The Morgan fingerprint density at radius 3 is 0.407 bits per heavy atom. The molecule has 0 amide bonds. The Kier molecular flexibility index (Phi) is 5.69. The maximum atomic E-state index is 4.94. The number of ether oxygens (including phenoxy) is 5. The van der Waals surface area contributed by atoms with Crippen molar-refractivity contribution in [2.24, 2.45) is 0 Å². The molecule has 0 saturated carbocycles. The molecule has 0 spiro atoms. The largest absolute Gasteiger partial charge is 1.00 e. The molecule has 0 bridgehead atoms. The molecule has 5 aliphatic heterocycles. The summed E-state index contributed by atoms with van der Waals surface area (Å²) in [6.07, 6.45) is 12.8. The molecule has 5 fully saturated rings. The molecule has 8 aliphatic rings. The zero-order chi connectivity index (χ0) is 52.3. The average molecular weight is 1100 g/mol. The van der Waals surface area contributed by atoms with Crippen LogP contribution in [0.4, 0.5) is 0 Å². The van der Waals surface area contributed by atoms with Gasteiger partial charge >= 0.3 is 29.6 Å². The van der Waals surface area contributed by atoms with Gasteiger partial charge in [0.25, 0.3) is 0 Å². The van der Waals surface area contributed by atoms with Gasteiger partial charge < -0.3 is 23.7 Å². The molecule has 0 atom stereocenters. The zero-order valence-electron chi connectivity index (χ0n) is 47.2. The van der Waals surface area contributed by atoms with Gasteiger partial charge in [-0.15, -0.1) is 10.8 Å². The summed E-state index contributed by atoms with van der Waals surface area (Å²) in [7, 11) is 0. The van der Waals surface area contributed by atoms with Crippen molar-refractivity contribution < 1.29 is 53.2 Å². The first-order valence-corrected chi connectivity index (χ1v) is 32.9. The quantitative estimate of drug-likeness (QED) is 0.0860. The molecule has 86 heavy (non-hydrogen) atoms. The number of benzene rings is 18. The van der Waals surface area contributed by atoms with E-state index in [0.717, 1.165) is 66.1 Å². The minimum Gasteiger partial charge on any atom is -0.381 e. The Labute approximate surface area is 504 Å². The van der Waals surface area contributed by atoms with Crippen LogP contribution < -0.4 is 29.6 Å². The van der Waals surface area contributed by atoms with Crippen molar-refractivity contribution in [3.05, 3.63) is 22.6 Å². The third kappa shape index (κ3) is 3.13. The zero-order valence-corrected chi connectivity index (χ0v) is 49.2. The van der Waals surface area contributed by atoms with Crippen LogP contribution in [0, 0.1) is 5.92 Å². The summed E-state index contributed by atoms with van der Waals surface area (Å²) < 4.78 is 24.7. The van der Waals surface area contributed by atoms with Gasteiger partial charge in [-0.05, 0) is 345 Å². The van der Waals surface area contributed by atoms with Crippen molar-refractivity contribution in [3.8, 4) is 0 Å². The molecule has 0 aromatic heterocycles. The van der Waals surface area contributed by atoms with Crippen LogP contribution in [0.15, 0.2) is 0 Å². The monoisotopic (exact) mass is 1100 g/mol. The van der Waals surface area contributed by atoms with Crippen LogP contribution >= 0.6 is 0 Å². The topological polar surface area (TPSA) is 46.2 Å². The minimum atomic E-state index is 0. The fraction of sp³-hybridized carbons (Fsp3) is 0.250. The van der Waals surface area contributed by atoms with Gasteiger partial charge in [0.1, 0.15) is 0 Å². The number of hydrogen-bond donors (Lipinski definition) is 0. The van der Waals surface area contributed by atoms with Crippen molar-refractivity contribution in [1.82, 2.24) is 0 Å². The summed E-state index contributed by atoms with van der Waals surface area (Å²) in [4.78, 5) is 0. The van der Waals surface area contributed by atoms with E-state index in [2.05, 4.69) is 0 Å². The van der Waals surface area contributed by atoms with Crippen LogP contribution in [0.2, 0.25) is 0 Å². The van der Waals surface area contributed by atoms with E-state index in [9.17, 15) is 0 Å². The van der Waals surface area contributed by atoms with Crippen LogP contribution in [0.25, 0.3) is 302 Å². The van der Waals surface area contributed by atoms with Gasteiger partial charge in [0.2, 0.25) is 0 Å². The third-order valence-electron chi connectivity index (χ3n) is 26.6. The van der Waals surface area contributed by atoms with E-state index in [1.807, 2.05) is 0 Å². The molecule has 5 nitrogen and oxygen atoms in total. The summed E-state index contributed by atoms with van der Waals surface area (Å²) in [5.41, 5.74) is 5.00. The molecule has 5 heterocycles. The Morgan fingerprint density at radius 2 is 0.267 bits per heavy atom. The van der Waals surface area contributed by atoms with Gasteiger partial charge in [-0.25, -0.2) is 0 Å². The predicted octanol–water partition coefficient (Wildman–Crippen LogP) is 18.0. The Hall–Kier alpha value is -6.87. The molecule has 3 aliphatic carbocycles. The second-order valence-corrected chi connectivity index (χ2v) is 29.1. The Bertz CT molecular complexity index is 6780. The summed E-state index contributed by atoms with van der Waals surface area (Å²) >= 11 is 0. The van der Waals surface area contributed by atoms with E-state index in [-0.39, 0.29) is 29.6 Å². The van der Waals surface area contributed by atoms with Gasteiger partial charge in [0.05, 0.1) is 0 Å². The fourth-order valence-electron chi connectivity index (χ4n) is 25.1. The van der Waals surface area contributed by atoms with Crippen molar-refractivity contribution in [2.45, 2.75) is 64.2 Å². The van der Waals surface area contributed by atoms with Crippen molar-refractivity contribution >= 4 is 302 Å². The smallest absolute Gasteiger partial charge is 0.381 e. The number of rotatable bonds is 0. The molecule has 1 radical (unpaired) electrons. The van der Waals surface area contributed by atoms with Gasteiger partial charge in [-0.1, -0.05) is 27.1 Å². The molecule has 29 aromatic carbocycles. The minimum absolute atomic E-state index is 0. The predicted molar refractivity (Wildman–Crippen MR) is 357 cm³/mol. The molecule has 29 aromatic rings. The summed E-state index contributed by atoms with van der Waals surface area (Å²) in [6, 6.07) is 0. The molecule has 0 unspecified atom stereocenters.